The second kappa shape index (κ2) is 13.7. The molecule has 7 heteroatoms. The van der Waals surface area contributed by atoms with E-state index in [2.05, 4.69) is 42.1 Å². The number of carbonyl (C=O) groups excluding carboxylic acids is 1. The van der Waals surface area contributed by atoms with Crippen LogP contribution in [0.3, 0.4) is 0 Å². The maximum Gasteiger partial charge on any atom is 0.251 e. The Hall–Kier alpha value is -1.54. The van der Waals surface area contributed by atoms with E-state index in [0.29, 0.717) is 5.56 Å². The van der Waals surface area contributed by atoms with Crippen molar-refractivity contribution in [1.82, 2.24) is 9.62 Å². The van der Waals surface area contributed by atoms with E-state index in [1.807, 2.05) is 28.6 Å². The van der Waals surface area contributed by atoms with Gasteiger partial charge >= 0.3 is 0 Å². The fourth-order valence-electron chi connectivity index (χ4n) is 3.58. The Balaban J connectivity index is 0.000000188. The van der Waals surface area contributed by atoms with Gasteiger partial charge in [-0.1, -0.05) is 31.9 Å². The van der Waals surface area contributed by atoms with Gasteiger partial charge in [0.15, 0.2) is 0 Å². The first kappa shape index (κ1) is 24.7. The molecule has 0 aromatic heterocycles. The maximum absolute atomic E-state index is 11.4. The summed E-state index contributed by atoms with van der Waals surface area (Å²) in [4.78, 5) is 13.6. The van der Waals surface area contributed by atoms with Crippen LogP contribution in [-0.4, -0.2) is 62.7 Å². The number of thiol groups is 1. The smallest absolute Gasteiger partial charge is 0.251 e. The predicted octanol–water partition coefficient (Wildman–Crippen LogP) is 3.11. The van der Waals surface area contributed by atoms with E-state index in [4.69, 9.17) is 10.5 Å². The third-order valence-electron chi connectivity index (χ3n) is 5.57. The van der Waals surface area contributed by atoms with Crippen LogP contribution in [0.2, 0.25) is 0 Å². The van der Waals surface area contributed by atoms with Crippen molar-refractivity contribution in [3.8, 4) is 0 Å². The minimum atomic E-state index is -0.0512. The lowest BCUT2D eigenvalue weighted by atomic mass is 10.1. The summed E-state index contributed by atoms with van der Waals surface area (Å²) in [6.45, 7) is 7.75. The van der Waals surface area contributed by atoms with Gasteiger partial charge in [-0.3, -0.25) is 4.79 Å². The molecular weight excluding hydrogens is 396 g/mol. The summed E-state index contributed by atoms with van der Waals surface area (Å²) in [5.41, 5.74) is 7.69. The number of amides is 1. The number of rotatable bonds is 3. The zero-order chi connectivity index (χ0) is 21.8. The molecule has 168 valence electrons. The average molecular weight is 435 g/mol. The van der Waals surface area contributed by atoms with Gasteiger partial charge in [-0.15, -0.1) is 0 Å². The van der Waals surface area contributed by atoms with Gasteiger partial charge < -0.3 is 20.7 Å². The van der Waals surface area contributed by atoms with Gasteiger partial charge in [0, 0.05) is 50.5 Å². The third-order valence-corrected chi connectivity index (χ3v) is 5.97. The molecule has 3 aliphatic rings. The standard InChI is InChI=1S/C12H17N3O.C7H12.C4H9NOS/c1-14-12(16)9-2-4-11(5-3-9)15-7-6-10(13)8-15;1-2-7-5-3-4-6-7;7-5-1-3-6-4-2-5/h2-5,10H,6-8,13H2,1H3,(H,14,16);3,5,7H,2,4,6H2,1H3;7H,1-4H2. The number of nitrogens with zero attached hydrogens (tertiary/aromatic N) is 2. The van der Waals surface area contributed by atoms with Crippen molar-refractivity contribution in [1.29, 1.82) is 0 Å². The lowest BCUT2D eigenvalue weighted by Gasteiger charge is -2.19. The van der Waals surface area contributed by atoms with Crippen LogP contribution in [0.5, 0.6) is 0 Å². The van der Waals surface area contributed by atoms with Crippen LogP contribution in [0.15, 0.2) is 36.4 Å². The summed E-state index contributed by atoms with van der Waals surface area (Å²) in [7, 11) is 1.63. The molecule has 2 unspecified atom stereocenters. The van der Waals surface area contributed by atoms with Crippen LogP contribution in [-0.2, 0) is 4.74 Å². The minimum Gasteiger partial charge on any atom is -0.379 e. The summed E-state index contributed by atoms with van der Waals surface area (Å²) in [6, 6.07) is 7.92. The molecule has 6 nitrogen and oxygen atoms in total. The number of hydrogen-bond acceptors (Lipinski definition) is 6. The molecule has 1 aromatic carbocycles. The zero-order valence-corrected chi connectivity index (χ0v) is 19.3. The van der Waals surface area contributed by atoms with Crippen molar-refractivity contribution in [2.24, 2.45) is 11.7 Å². The van der Waals surface area contributed by atoms with Gasteiger partial charge in [0.2, 0.25) is 0 Å². The molecule has 4 rings (SSSR count). The first-order chi connectivity index (χ1) is 14.5. The summed E-state index contributed by atoms with van der Waals surface area (Å²) < 4.78 is 7.01. The molecule has 1 amide bonds. The second-order valence-electron chi connectivity index (χ2n) is 7.86. The Morgan fingerprint density at radius 1 is 1.20 bits per heavy atom. The van der Waals surface area contributed by atoms with E-state index < -0.39 is 0 Å². The lowest BCUT2D eigenvalue weighted by Crippen LogP contribution is -2.28. The minimum absolute atomic E-state index is 0.0512. The molecule has 2 saturated heterocycles. The molecule has 30 heavy (non-hydrogen) atoms. The number of morpholine rings is 1. The quantitative estimate of drug-likeness (QED) is 0.504. The Morgan fingerprint density at radius 3 is 2.30 bits per heavy atom. The normalized spacial score (nSPS) is 23.3. The Morgan fingerprint density at radius 2 is 1.90 bits per heavy atom. The van der Waals surface area contributed by atoms with Crippen molar-refractivity contribution >= 4 is 24.4 Å². The SMILES string of the molecule is CCC1C=CCC1.CNC(=O)c1ccc(N2CCC(N)C2)cc1.SN1CCOCC1. The Kier molecular flexibility index (Phi) is 11.3. The number of nitrogens with one attached hydrogen (secondary N) is 1. The van der Waals surface area contributed by atoms with Gasteiger partial charge in [0.1, 0.15) is 0 Å². The molecule has 0 radical (unpaired) electrons. The number of nitrogens with two attached hydrogens (primary N) is 1. The topological polar surface area (TPSA) is 70.8 Å². The summed E-state index contributed by atoms with van der Waals surface area (Å²) in [5.74, 6) is 0.865. The monoisotopic (exact) mass is 434 g/mol. The Labute approximate surface area is 187 Å². The van der Waals surface area contributed by atoms with Crippen molar-refractivity contribution in [3.05, 3.63) is 42.0 Å². The summed E-state index contributed by atoms with van der Waals surface area (Å²) >= 11 is 4.11. The van der Waals surface area contributed by atoms with Crippen molar-refractivity contribution in [2.75, 3.05) is 51.3 Å². The highest BCUT2D eigenvalue weighted by Gasteiger charge is 2.19. The molecule has 0 saturated carbocycles. The highest BCUT2D eigenvalue weighted by Crippen LogP contribution is 2.20. The van der Waals surface area contributed by atoms with Crippen LogP contribution in [0.25, 0.3) is 0 Å². The predicted molar refractivity (Wildman–Crippen MR) is 128 cm³/mol. The van der Waals surface area contributed by atoms with Gasteiger partial charge in [0.05, 0.1) is 13.2 Å². The van der Waals surface area contributed by atoms with Crippen LogP contribution in [0, 0.1) is 5.92 Å². The van der Waals surface area contributed by atoms with Crippen LogP contribution in [0.1, 0.15) is 43.0 Å². The van der Waals surface area contributed by atoms with E-state index in [9.17, 15) is 4.79 Å². The highest BCUT2D eigenvalue weighted by molar-refractivity contribution is 7.77. The van der Waals surface area contributed by atoms with E-state index in [1.165, 1.54) is 19.3 Å². The Bertz CT molecular complexity index is 647. The molecule has 3 N–H and O–H groups in total. The average Bonchev–Trinajstić information content (AvgIpc) is 3.46. The number of ether oxygens (including phenoxy) is 1. The fraction of sp³-hybridized carbons (Fsp3) is 0.609. The van der Waals surface area contributed by atoms with Crippen molar-refractivity contribution < 1.29 is 9.53 Å². The number of carbonyl (C=O) groups is 1. The van der Waals surface area contributed by atoms with Gasteiger partial charge in [-0.2, -0.15) is 0 Å². The molecule has 1 aromatic rings. The van der Waals surface area contributed by atoms with Crippen molar-refractivity contribution in [2.45, 2.75) is 38.6 Å². The highest BCUT2D eigenvalue weighted by atomic mass is 32.1. The van der Waals surface area contributed by atoms with Crippen molar-refractivity contribution in [3.63, 3.8) is 0 Å². The van der Waals surface area contributed by atoms with Gasteiger partial charge in [-0.05, 0) is 55.9 Å². The van der Waals surface area contributed by atoms with Crippen LogP contribution >= 0.6 is 12.8 Å². The molecule has 0 spiro atoms. The number of allylic oxidation sites excluding steroid dienone is 2. The van der Waals surface area contributed by atoms with E-state index in [-0.39, 0.29) is 11.9 Å². The zero-order valence-electron chi connectivity index (χ0n) is 18.4. The molecule has 1 aliphatic carbocycles. The second-order valence-corrected chi connectivity index (χ2v) is 8.43. The summed E-state index contributed by atoms with van der Waals surface area (Å²) in [6.07, 6.45) is 9.71. The van der Waals surface area contributed by atoms with E-state index in [0.717, 1.165) is 57.4 Å². The van der Waals surface area contributed by atoms with Crippen LogP contribution < -0.4 is 16.0 Å². The first-order valence-electron chi connectivity index (χ1n) is 11.0. The number of benzene rings is 1. The summed E-state index contributed by atoms with van der Waals surface area (Å²) in [5, 5.41) is 2.60. The molecular formula is C23H38N4O2S. The van der Waals surface area contributed by atoms with Gasteiger partial charge in [0.25, 0.3) is 5.91 Å². The first-order valence-corrected chi connectivity index (χ1v) is 11.4. The molecule has 2 heterocycles. The maximum atomic E-state index is 11.4. The molecule has 2 aliphatic heterocycles. The van der Waals surface area contributed by atoms with Gasteiger partial charge in [-0.25, -0.2) is 4.31 Å². The molecule has 0 bridgehead atoms. The molecule has 2 atom stereocenters. The molecule has 2 fully saturated rings. The largest absolute Gasteiger partial charge is 0.379 e. The third kappa shape index (κ3) is 8.68. The van der Waals surface area contributed by atoms with E-state index in [1.54, 1.807) is 7.05 Å². The number of hydrogen-bond donors (Lipinski definition) is 3. The number of anilines is 1. The van der Waals surface area contributed by atoms with E-state index >= 15 is 0 Å². The lowest BCUT2D eigenvalue weighted by molar-refractivity contribution is 0.0781. The fourth-order valence-corrected chi connectivity index (χ4v) is 3.74. The van der Waals surface area contributed by atoms with Crippen LogP contribution in [0.4, 0.5) is 5.69 Å².